The van der Waals surface area contributed by atoms with E-state index in [0.717, 1.165) is 5.39 Å². The lowest BCUT2D eigenvalue weighted by Crippen LogP contribution is -2.45. The summed E-state index contributed by atoms with van der Waals surface area (Å²) in [6.45, 7) is 6.26. The number of anilines is 3. The summed E-state index contributed by atoms with van der Waals surface area (Å²) < 4.78 is 12.6. The van der Waals surface area contributed by atoms with E-state index in [1.165, 1.54) is 16.3 Å². The number of carbonyl (C=O) groups excluding carboxylic acids is 1. The number of methoxy groups -OCH3 is 1. The molecule has 0 saturated heterocycles. The van der Waals surface area contributed by atoms with Crippen LogP contribution in [0.4, 0.5) is 21.9 Å². The molecule has 0 bridgehead atoms. The lowest BCUT2D eigenvalue weighted by Gasteiger charge is -2.38. The van der Waals surface area contributed by atoms with E-state index < -0.39 is 11.7 Å². The highest BCUT2D eigenvalue weighted by Crippen LogP contribution is 2.40. The molecular weight excluding hydrogens is 442 g/mol. The summed E-state index contributed by atoms with van der Waals surface area (Å²) in [6, 6.07) is 7.22. The van der Waals surface area contributed by atoms with Crippen molar-refractivity contribution < 1.29 is 14.3 Å². The van der Waals surface area contributed by atoms with Crippen LogP contribution in [0.5, 0.6) is 5.75 Å². The Morgan fingerprint density at radius 2 is 1.88 bits per heavy atom. The molecule has 174 valence electrons. The fraction of sp³-hybridized carbons (Fsp3) is 0.391. The second kappa shape index (κ2) is 8.58. The molecule has 0 saturated carbocycles. The fourth-order valence-corrected chi connectivity index (χ4v) is 4.11. The van der Waals surface area contributed by atoms with E-state index >= 15 is 0 Å². The standard InChI is InChI=1S/C23H27N5O4S/c1-23(2,3)32-22(30)28-10-9-27(17-12-15(31-5)7-8-16(17)28)18-11-14-13-24-21(33-6)25-19(14)26(4)20(18)29/h7-8,11-13H,9-10H2,1-6H3. The summed E-state index contributed by atoms with van der Waals surface area (Å²) in [5.41, 5.74) is 1.57. The normalized spacial score (nSPS) is 13.8. The summed E-state index contributed by atoms with van der Waals surface area (Å²) in [4.78, 5) is 38.6. The van der Waals surface area contributed by atoms with Crippen molar-refractivity contribution in [3.8, 4) is 5.75 Å². The molecule has 0 spiro atoms. The number of thioether (sulfide) groups is 1. The molecule has 3 heterocycles. The molecule has 0 atom stereocenters. The van der Waals surface area contributed by atoms with E-state index in [1.807, 2.05) is 44.1 Å². The number of pyridine rings is 1. The van der Waals surface area contributed by atoms with E-state index in [2.05, 4.69) is 9.97 Å². The molecule has 0 fully saturated rings. The van der Waals surface area contributed by atoms with Crippen LogP contribution in [0.3, 0.4) is 0 Å². The molecule has 1 amide bonds. The number of benzene rings is 1. The Bertz CT molecular complexity index is 1280. The van der Waals surface area contributed by atoms with Crippen LogP contribution in [0, 0.1) is 0 Å². The predicted molar refractivity (Wildman–Crippen MR) is 130 cm³/mol. The van der Waals surface area contributed by atoms with Gasteiger partial charge in [0.15, 0.2) is 5.16 Å². The van der Waals surface area contributed by atoms with E-state index in [0.29, 0.717) is 46.7 Å². The van der Waals surface area contributed by atoms with Gasteiger partial charge in [-0.2, -0.15) is 0 Å². The van der Waals surface area contributed by atoms with Crippen LogP contribution in [0.1, 0.15) is 20.8 Å². The smallest absolute Gasteiger partial charge is 0.414 e. The Labute approximate surface area is 196 Å². The number of amides is 1. The topological polar surface area (TPSA) is 89.8 Å². The maximum Gasteiger partial charge on any atom is 0.414 e. The van der Waals surface area contributed by atoms with Crippen molar-refractivity contribution in [3.05, 3.63) is 40.8 Å². The molecule has 0 unspecified atom stereocenters. The lowest BCUT2D eigenvalue weighted by atomic mass is 10.1. The number of ether oxygens (including phenoxy) is 2. The zero-order valence-electron chi connectivity index (χ0n) is 19.6. The molecule has 10 heteroatoms. The maximum atomic E-state index is 13.4. The second-order valence-corrected chi connectivity index (χ2v) is 9.44. The number of fused-ring (bicyclic) bond motifs is 2. The number of hydrogen-bond acceptors (Lipinski definition) is 8. The van der Waals surface area contributed by atoms with Gasteiger partial charge in [-0.1, -0.05) is 11.8 Å². The number of nitrogens with zero attached hydrogens (tertiary/aromatic N) is 5. The third-order valence-electron chi connectivity index (χ3n) is 5.31. The fourth-order valence-electron chi connectivity index (χ4n) is 3.78. The largest absolute Gasteiger partial charge is 0.497 e. The van der Waals surface area contributed by atoms with Crippen molar-refractivity contribution in [2.75, 3.05) is 36.3 Å². The van der Waals surface area contributed by atoms with Crippen LogP contribution in [0.15, 0.2) is 40.4 Å². The molecule has 1 aliphatic rings. The van der Waals surface area contributed by atoms with Crippen molar-refractivity contribution >= 4 is 46.0 Å². The molecule has 1 aromatic carbocycles. The molecule has 2 aromatic heterocycles. The monoisotopic (exact) mass is 469 g/mol. The van der Waals surface area contributed by atoms with Gasteiger partial charge < -0.3 is 14.4 Å². The van der Waals surface area contributed by atoms with Gasteiger partial charge in [0.25, 0.3) is 5.56 Å². The van der Waals surface area contributed by atoms with E-state index in [1.54, 1.807) is 37.4 Å². The average Bonchev–Trinajstić information content (AvgIpc) is 2.79. The first kappa shape index (κ1) is 22.9. The van der Waals surface area contributed by atoms with Gasteiger partial charge in [-0.25, -0.2) is 14.8 Å². The molecule has 0 aliphatic carbocycles. The Morgan fingerprint density at radius 3 is 2.55 bits per heavy atom. The first-order valence-electron chi connectivity index (χ1n) is 10.5. The Hall–Kier alpha value is -3.27. The first-order valence-corrected chi connectivity index (χ1v) is 11.7. The van der Waals surface area contributed by atoms with E-state index in [4.69, 9.17) is 9.47 Å². The van der Waals surface area contributed by atoms with Gasteiger partial charge in [0, 0.05) is 37.8 Å². The highest BCUT2D eigenvalue weighted by Gasteiger charge is 2.32. The maximum absolute atomic E-state index is 13.4. The molecule has 0 radical (unpaired) electrons. The highest BCUT2D eigenvalue weighted by atomic mass is 32.2. The zero-order valence-corrected chi connectivity index (χ0v) is 20.4. The van der Waals surface area contributed by atoms with Crippen molar-refractivity contribution in [2.45, 2.75) is 31.5 Å². The van der Waals surface area contributed by atoms with Crippen LogP contribution in [-0.2, 0) is 11.8 Å². The third-order valence-corrected chi connectivity index (χ3v) is 5.87. The third kappa shape index (κ3) is 4.35. The van der Waals surface area contributed by atoms with Crippen LogP contribution in [0.2, 0.25) is 0 Å². The number of aryl methyl sites for hydroxylation is 1. The van der Waals surface area contributed by atoms with E-state index in [-0.39, 0.29) is 5.56 Å². The SMILES string of the molecule is COc1ccc2c(c1)N(c1cc3cnc(SC)nc3n(C)c1=O)CCN2C(=O)OC(C)(C)C. The molecule has 0 N–H and O–H groups in total. The Morgan fingerprint density at radius 1 is 1.12 bits per heavy atom. The van der Waals surface area contributed by atoms with E-state index in [9.17, 15) is 9.59 Å². The quantitative estimate of drug-likeness (QED) is 0.421. The van der Waals surface area contributed by atoms with Gasteiger partial charge in [0.1, 0.15) is 22.7 Å². The summed E-state index contributed by atoms with van der Waals surface area (Å²) >= 11 is 1.42. The minimum absolute atomic E-state index is 0.187. The van der Waals surface area contributed by atoms with Crippen molar-refractivity contribution in [1.82, 2.24) is 14.5 Å². The number of aromatic nitrogens is 3. The molecule has 9 nitrogen and oxygen atoms in total. The van der Waals surface area contributed by atoms with Gasteiger partial charge in [-0.05, 0) is 45.2 Å². The van der Waals surface area contributed by atoms with Crippen molar-refractivity contribution in [1.29, 1.82) is 0 Å². The Kier molecular flexibility index (Phi) is 5.96. The van der Waals surface area contributed by atoms with Crippen LogP contribution in [0.25, 0.3) is 11.0 Å². The molecule has 4 rings (SSSR count). The summed E-state index contributed by atoms with van der Waals surface area (Å²) in [6.07, 6.45) is 3.18. The summed E-state index contributed by atoms with van der Waals surface area (Å²) in [5.74, 6) is 0.621. The van der Waals surface area contributed by atoms with Gasteiger partial charge >= 0.3 is 6.09 Å². The van der Waals surface area contributed by atoms with Gasteiger partial charge in [0.05, 0.1) is 18.5 Å². The molecule has 3 aromatic rings. The minimum atomic E-state index is -0.620. The second-order valence-electron chi connectivity index (χ2n) is 8.67. The molecule has 1 aliphatic heterocycles. The lowest BCUT2D eigenvalue weighted by molar-refractivity contribution is 0.0580. The van der Waals surface area contributed by atoms with Crippen LogP contribution >= 0.6 is 11.8 Å². The number of rotatable bonds is 3. The number of hydrogen-bond donors (Lipinski definition) is 0. The Balaban J connectivity index is 1.84. The highest BCUT2D eigenvalue weighted by molar-refractivity contribution is 7.98. The minimum Gasteiger partial charge on any atom is -0.497 e. The van der Waals surface area contributed by atoms with Gasteiger partial charge in [-0.15, -0.1) is 0 Å². The van der Waals surface area contributed by atoms with Crippen LogP contribution < -0.4 is 20.1 Å². The van der Waals surface area contributed by atoms with Crippen LogP contribution in [-0.4, -0.2) is 52.7 Å². The zero-order chi connectivity index (χ0) is 23.9. The molecular formula is C23H27N5O4S. The van der Waals surface area contributed by atoms with Crippen molar-refractivity contribution in [3.63, 3.8) is 0 Å². The average molecular weight is 470 g/mol. The van der Waals surface area contributed by atoms with Gasteiger partial charge in [-0.3, -0.25) is 14.3 Å². The van der Waals surface area contributed by atoms with Crippen molar-refractivity contribution in [2.24, 2.45) is 7.05 Å². The van der Waals surface area contributed by atoms with Gasteiger partial charge in [0.2, 0.25) is 0 Å². The summed E-state index contributed by atoms with van der Waals surface area (Å²) in [7, 11) is 3.28. The summed E-state index contributed by atoms with van der Waals surface area (Å²) in [5, 5.41) is 1.36. The molecule has 33 heavy (non-hydrogen) atoms. The predicted octanol–water partition coefficient (Wildman–Crippen LogP) is 3.95. The first-order chi connectivity index (χ1) is 15.6. The number of carbonyl (C=O) groups is 1.